The number of rotatable bonds is 7. The number of methoxy groups -OCH3 is 1. The lowest BCUT2D eigenvalue weighted by Crippen LogP contribution is -2.28. The monoisotopic (exact) mass is 383 g/mol. The highest BCUT2D eigenvalue weighted by Gasteiger charge is 2.19. The normalized spacial score (nSPS) is 11.3. The van der Waals surface area contributed by atoms with Crippen molar-refractivity contribution >= 4 is 40.8 Å². The minimum atomic E-state index is -0.336. The van der Waals surface area contributed by atoms with Crippen LogP contribution in [0.5, 0.6) is 0 Å². The van der Waals surface area contributed by atoms with Crippen molar-refractivity contribution in [1.29, 1.82) is 0 Å². The molecule has 0 aliphatic rings. The van der Waals surface area contributed by atoms with Crippen molar-refractivity contribution in [2.75, 3.05) is 26.0 Å². The third-order valence-corrected chi connectivity index (χ3v) is 4.44. The molecule has 0 bridgehead atoms. The van der Waals surface area contributed by atoms with Crippen molar-refractivity contribution in [3.63, 3.8) is 0 Å². The Morgan fingerprint density at radius 2 is 1.96 bits per heavy atom. The van der Waals surface area contributed by atoms with Gasteiger partial charge in [0.25, 0.3) is 0 Å². The van der Waals surface area contributed by atoms with E-state index in [9.17, 15) is 9.59 Å². The molecule has 0 saturated carbocycles. The SMILES string of the molecule is CNCC(C)C(=O)Nc1nc(-c2ccccc2)c(CC(=O)OC)s1.Cl. The van der Waals surface area contributed by atoms with Crippen LogP contribution >= 0.6 is 23.7 Å². The molecule has 6 nitrogen and oxygen atoms in total. The number of amides is 1. The predicted molar refractivity (Wildman–Crippen MR) is 102 cm³/mol. The molecule has 25 heavy (non-hydrogen) atoms. The predicted octanol–water partition coefficient (Wildman–Crippen LogP) is 2.74. The zero-order valence-electron chi connectivity index (χ0n) is 14.4. The van der Waals surface area contributed by atoms with Crippen LogP contribution in [-0.4, -0.2) is 37.6 Å². The molecule has 0 aliphatic heterocycles. The fourth-order valence-electron chi connectivity index (χ4n) is 2.18. The number of anilines is 1. The second-order valence-electron chi connectivity index (χ2n) is 5.36. The summed E-state index contributed by atoms with van der Waals surface area (Å²) in [4.78, 5) is 29.1. The number of nitrogens with one attached hydrogen (secondary N) is 2. The number of esters is 1. The Balaban J connectivity index is 0.00000312. The lowest BCUT2D eigenvalue weighted by Gasteiger charge is -2.09. The molecule has 0 fully saturated rings. The van der Waals surface area contributed by atoms with Gasteiger partial charge in [-0.2, -0.15) is 0 Å². The Kier molecular flexibility index (Phi) is 8.54. The van der Waals surface area contributed by atoms with E-state index in [2.05, 4.69) is 15.6 Å². The average molecular weight is 384 g/mol. The fraction of sp³-hybridized carbons (Fsp3) is 0.353. The Labute approximate surface area is 157 Å². The second kappa shape index (κ2) is 10.1. The van der Waals surface area contributed by atoms with Gasteiger partial charge in [0.1, 0.15) is 0 Å². The summed E-state index contributed by atoms with van der Waals surface area (Å²) in [6, 6.07) is 9.57. The number of nitrogens with zero attached hydrogens (tertiary/aromatic N) is 1. The maximum absolute atomic E-state index is 12.2. The van der Waals surface area contributed by atoms with Crippen LogP contribution in [0.25, 0.3) is 11.3 Å². The van der Waals surface area contributed by atoms with E-state index in [-0.39, 0.29) is 36.6 Å². The molecular weight excluding hydrogens is 362 g/mol. The molecule has 2 N–H and O–H groups in total. The van der Waals surface area contributed by atoms with Gasteiger partial charge >= 0.3 is 5.97 Å². The molecule has 1 aromatic heterocycles. The molecule has 0 radical (unpaired) electrons. The summed E-state index contributed by atoms with van der Waals surface area (Å²) in [6.07, 6.45) is 0.125. The molecule has 1 atom stereocenters. The molecule has 2 aromatic rings. The zero-order valence-corrected chi connectivity index (χ0v) is 16.0. The van der Waals surface area contributed by atoms with Crippen LogP contribution in [0.15, 0.2) is 30.3 Å². The summed E-state index contributed by atoms with van der Waals surface area (Å²) in [5.74, 6) is -0.622. The minimum absolute atomic E-state index is 0. The first kappa shape index (κ1) is 21.1. The van der Waals surface area contributed by atoms with Crippen molar-refractivity contribution in [3.05, 3.63) is 35.2 Å². The lowest BCUT2D eigenvalue weighted by molar-refractivity contribution is -0.139. The molecule has 1 amide bonds. The van der Waals surface area contributed by atoms with Gasteiger partial charge in [-0.3, -0.25) is 9.59 Å². The van der Waals surface area contributed by atoms with Gasteiger partial charge in [0.05, 0.1) is 19.2 Å². The Morgan fingerprint density at radius 1 is 1.28 bits per heavy atom. The number of carbonyl (C=O) groups excluding carboxylic acids is 2. The molecule has 8 heteroatoms. The van der Waals surface area contributed by atoms with Crippen LogP contribution in [0.2, 0.25) is 0 Å². The van der Waals surface area contributed by atoms with Gasteiger partial charge in [-0.25, -0.2) is 4.98 Å². The maximum atomic E-state index is 12.2. The van der Waals surface area contributed by atoms with E-state index < -0.39 is 0 Å². The average Bonchev–Trinajstić information content (AvgIpc) is 2.97. The van der Waals surface area contributed by atoms with E-state index >= 15 is 0 Å². The lowest BCUT2D eigenvalue weighted by atomic mass is 10.1. The van der Waals surface area contributed by atoms with Crippen LogP contribution in [-0.2, 0) is 20.7 Å². The topological polar surface area (TPSA) is 80.3 Å². The van der Waals surface area contributed by atoms with Gasteiger partial charge in [-0.15, -0.1) is 23.7 Å². The third kappa shape index (κ3) is 5.81. The number of ether oxygens (including phenoxy) is 1. The largest absolute Gasteiger partial charge is 0.469 e. The molecule has 0 spiro atoms. The van der Waals surface area contributed by atoms with Crippen molar-refractivity contribution in [1.82, 2.24) is 10.3 Å². The first-order chi connectivity index (χ1) is 11.5. The highest BCUT2D eigenvalue weighted by atomic mass is 35.5. The van der Waals surface area contributed by atoms with Gasteiger partial charge in [0.15, 0.2) is 5.13 Å². The molecule has 0 saturated heterocycles. The Hall–Kier alpha value is -1.96. The third-order valence-electron chi connectivity index (χ3n) is 3.47. The second-order valence-corrected chi connectivity index (χ2v) is 6.44. The summed E-state index contributed by atoms with van der Waals surface area (Å²) in [5, 5.41) is 6.28. The summed E-state index contributed by atoms with van der Waals surface area (Å²) in [6.45, 7) is 2.42. The molecule has 1 aromatic carbocycles. The number of halogens is 1. The van der Waals surface area contributed by atoms with Gasteiger partial charge in [-0.05, 0) is 7.05 Å². The molecule has 2 rings (SSSR count). The highest BCUT2D eigenvalue weighted by Crippen LogP contribution is 2.32. The smallest absolute Gasteiger partial charge is 0.310 e. The van der Waals surface area contributed by atoms with Gasteiger partial charge < -0.3 is 15.4 Å². The standard InChI is InChI=1S/C17H21N3O3S.ClH/c1-11(10-18-2)16(22)20-17-19-15(12-7-5-4-6-8-12)13(24-17)9-14(21)23-3;/h4-8,11,18H,9-10H2,1-3H3,(H,19,20,22);1H. The van der Waals surface area contributed by atoms with Crippen LogP contribution in [0.4, 0.5) is 5.13 Å². The highest BCUT2D eigenvalue weighted by molar-refractivity contribution is 7.16. The van der Waals surface area contributed by atoms with Gasteiger partial charge in [0, 0.05) is 22.9 Å². The first-order valence-electron chi connectivity index (χ1n) is 7.62. The zero-order chi connectivity index (χ0) is 17.5. The summed E-state index contributed by atoms with van der Waals surface area (Å²) in [5.41, 5.74) is 1.60. The number of carbonyl (C=O) groups is 2. The van der Waals surface area contributed by atoms with E-state index in [0.29, 0.717) is 17.4 Å². The summed E-state index contributed by atoms with van der Waals surface area (Å²) >= 11 is 1.30. The maximum Gasteiger partial charge on any atom is 0.310 e. The van der Waals surface area contributed by atoms with Crippen molar-refractivity contribution < 1.29 is 14.3 Å². The Morgan fingerprint density at radius 3 is 2.56 bits per heavy atom. The van der Waals surface area contributed by atoms with E-state index in [1.54, 1.807) is 7.05 Å². The van der Waals surface area contributed by atoms with E-state index in [0.717, 1.165) is 10.4 Å². The van der Waals surface area contributed by atoms with Crippen molar-refractivity contribution in [3.8, 4) is 11.3 Å². The summed E-state index contributed by atoms with van der Waals surface area (Å²) < 4.78 is 4.75. The van der Waals surface area contributed by atoms with Gasteiger partial charge in [-0.1, -0.05) is 37.3 Å². The number of hydrogen-bond acceptors (Lipinski definition) is 6. The fourth-order valence-corrected chi connectivity index (χ4v) is 3.15. The van der Waals surface area contributed by atoms with Crippen LogP contribution in [0.3, 0.4) is 0 Å². The van der Waals surface area contributed by atoms with Gasteiger partial charge in [0.2, 0.25) is 5.91 Å². The van der Waals surface area contributed by atoms with Crippen molar-refractivity contribution in [2.24, 2.45) is 5.92 Å². The number of hydrogen-bond donors (Lipinski definition) is 2. The molecular formula is C17H22ClN3O3S. The van der Waals surface area contributed by atoms with E-state index in [1.807, 2.05) is 37.3 Å². The molecule has 1 heterocycles. The number of thiazole rings is 1. The van der Waals surface area contributed by atoms with Crippen LogP contribution in [0, 0.1) is 5.92 Å². The number of benzene rings is 1. The minimum Gasteiger partial charge on any atom is -0.469 e. The van der Waals surface area contributed by atoms with Crippen molar-refractivity contribution in [2.45, 2.75) is 13.3 Å². The summed E-state index contributed by atoms with van der Waals surface area (Å²) in [7, 11) is 3.16. The first-order valence-corrected chi connectivity index (χ1v) is 8.44. The van der Waals surface area contributed by atoms with E-state index in [4.69, 9.17) is 4.74 Å². The quantitative estimate of drug-likeness (QED) is 0.718. The van der Waals surface area contributed by atoms with Crippen LogP contribution in [0.1, 0.15) is 11.8 Å². The Bertz CT molecular complexity index is 706. The molecule has 136 valence electrons. The van der Waals surface area contributed by atoms with E-state index in [1.165, 1.54) is 18.4 Å². The molecule has 0 aliphatic carbocycles. The number of aromatic nitrogens is 1. The molecule has 1 unspecified atom stereocenters. The van der Waals surface area contributed by atoms with Crippen LogP contribution < -0.4 is 10.6 Å².